The van der Waals surface area contributed by atoms with Gasteiger partial charge in [-0.25, -0.2) is 0 Å². The van der Waals surface area contributed by atoms with Gasteiger partial charge in [0.15, 0.2) is 0 Å². The highest BCUT2D eigenvalue weighted by molar-refractivity contribution is 7.98. The first kappa shape index (κ1) is 15.1. The minimum atomic E-state index is -0.456. The van der Waals surface area contributed by atoms with Gasteiger partial charge in [0.25, 0.3) is 0 Å². The summed E-state index contributed by atoms with van der Waals surface area (Å²) in [5, 5.41) is 0. The van der Waals surface area contributed by atoms with Crippen LogP contribution in [-0.4, -0.2) is 41.8 Å². The molecule has 0 N–H and O–H groups in total. The van der Waals surface area contributed by atoms with Crippen molar-refractivity contribution in [2.75, 3.05) is 24.9 Å². The lowest BCUT2D eigenvalue weighted by atomic mass is 9.94. The van der Waals surface area contributed by atoms with Gasteiger partial charge in [-0.3, -0.25) is 4.79 Å². The minimum Gasteiger partial charge on any atom is -0.341 e. The SMILES string of the molecule is CCC(CSC)N(C)C(=O)C(C)(C)CCl. The third-order valence-electron chi connectivity index (χ3n) is 2.61. The molecule has 0 rings (SSSR count). The Morgan fingerprint density at radius 2 is 2.07 bits per heavy atom. The molecule has 1 amide bonds. The summed E-state index contributed by atoms with van der Waals surface area (Å²) >= 11 is 7.58. The number of rotatable bonds is 6. The maximum Gasteiger partial charge on any atom is 0.229 e. The molecule has 1 atom stereocenters. The Balaban J connectivity index is 4.53. The number of hydrogen-bond acceptors (Lipinski definition) is 2. The number of halogens is 1. The first-order valence-corrected chi connectivity index (χ1v) is 7.15. The van der Waals surface area contributed by atoms with Crippen LogP contribution in [0, 0.1) is 5.41 Å². The van der Waals surface area contributed by atoms with Gasteiger partial charge in [0.1, 0.15) is 0 Å². The second-order valence-corrected chi connectivity index (χ2v) is 5.63. The normalized spacial score (nSPS) is 13.7. The standard InChI is InChI=1S/C11H22ClNOS/c1-6-9(7-15-5)13(4)10(14)11(2,3)8-12/h9H,6-8H2,1-5H3. The van der Waals surface area contributed by atoms with E-state index in [1.54, 1.807) is 11.8 Å². The fourth-order valence-corrected chi connectivity index (χ4v) is 2.35. The lowest BCUT2D eigenvalue weighted by Gasteiger charge is -2.33. The van der Waals surface area contributed by atoms with E-state index in [9.17, 15) is 4.79 Å². The molecule has 0 radical (unpaired) electrons. The Kier molecular flexibility index (Phi) is 6.69. The largest absolute Gasteiger partial charge is 0.341 e. The van der Waals surface area contributed by atoms with E-state index in [0.717, 1.165) is 12.2 Å². The van der Waals surface area contributed by atoms with Crippen LogP contribution in [0.1, 0.15) is 27.2 Å². The fraction of sp³-hybridized carbons (Fsp3) is 0.909. The van der Waals surface area contributed by atoms with Crippen molar-refractivity contribution in [3.8, 4) is 0 Å². The van der Waals surface area contributed by atoms with Gasteiger partial charge >= 0.3 is 0 Å². The van der Waals surface area contributed by atoms with E-state index in [2.05, 4.69) is 13.2 Å². The van der Waals surface area contributed by atoms with Crippen molar-refractivity contribution in [1.29, 1.82) is 0 Å². The average molecular weight is 252 g/mol. The van der Waals surface area contributed by atoms with Gasteiger partial charge < -0.3 is 4.90 Å². The Morgan fingerprint density at radius 1 is 1.53 bits per heavy atom. The molecular weight excluding hydrogens is 230 g/mol. The van der Waals surface area contributed by atoms with E-state index in [1.807, 2.05) is 25.8 Å². The minimum absolute atomic E-state index is 0.137. The molecule has 2 nitrogen and oxygen atoms in total. The number of hydrogen-bond donors (Lipinski definition) is 0. The van der Waals surface area contributed by atoms with Crippen molar-refractivity contribution in [2.45, 2.75) is 33.2 Å². The van der Waals surface area contributed by atoms with Crippen LogP contribution in [0.15, 0.2) is 0 Å². The summed E-state index contributed by atoms with van der Waals surface area (Å²) in [4.78, 5) is 13.9. The van der Waals surface area contributed by atoms with E-state index >= 15 is 0 Å². The molecular formula is C11H22ClNOS. The highest BCUT2D eigenvalue weighted by atomic mass is 35.5. The van der Waals surface area contributed by atoms with E-state index in [0.29, 0.717) is 11.9 Å². The zero-order valence-electron chi connectivity index (χ0n) is 10.3. The monoisotopic (exact) mass is 251 g/mol. The Labute approximate surface area is 103 Å². The zero-order chi connectivity index (χ0) is 12.1. The maximum atomic E-state index is 12.1. The van der Waals surface area contributed by atoms with Crippen LogP contribution in [0.2, 0.25) is 0 Å². The van der Waals surface area contributed by atoms with Crippen molar-refractivity contribution < 1.29 is 4.79 Å². The number of amides is 1. The molecule has 1 unspecified atom stereocenters. The van der Waals surface area contributed by atoms with Crippen molar-refractivity contribution in [2.24, 2.45) is 5.41 Å². The van der Waals surface area contributed by atoms with Gasteiger partial charge in [-0.2, -0.15) is 11.8 Å². The predicted molar refractivity (Wildman–Crippen MR) is 69.7 cm³/mol. The van der Waals surface area contributed by atoms with Crippen molar-refractivity contribution >= 4 is 29.3 Å². The quantitative estimate of drug-likeness (QED) is 0.677. The Bertz CT molecular complexity index is 209. The second-order valence-electron chi connectivity index (χ2n) is 4.45. The molecule has 0 aliphatic heterocycles. The predicted octanol–water partition coefficient (Wildman–Crippen LogP) is 2.85. The molecule has 0 fully saturated rings. The molecule has 0 aromatic heterocycles. The van der Waals surface area contributed by atoms with Crippen LogP contribution in [-0.2, 0) is 4.79 Å². The first-order valence-electron chi connectivity index (χ1n) is 5.22. The highest BCUT2D eigenvalue weighted by Gasteiger charge is 2.31. The summed E-state index contributed by atoms with van der Waals surface area (Å²) < 4.78 is 0. The summed E-state index contributed by atoms with van der Waals surface area (Å²) in [7, 11) is 1.88. The zero-order valence-corrected chi connectivity index (χ0v) is 11.9. The van der Waals surface area contributed by atoms with Crippen LogP contribution >= 0.6 is 23.4 Å². The van der Waals surface area contributed by atoms with Gasteiger partial charge in [0.05, 0.1) is 5.41 Å². The van der Waals surface area contributed by atoms with Gasteiger partial charge in [-0.05, 0) is 26.5 Å². The molecule has 4 heteroatoms. The van der Waals surface area contributed by atoms with Gasteiger partial charge in [0.2, 0.25) is 5.91 Å². The van der Waals surface area contributed by atoms with E-state index in [1.165, 1.54) is 0 Å². The maximum absolute atomic E-state index is 12.1. The van der Waals surface area contributed by atoms with Crippen LogP contribution in [0.25, 0.3) is 0 Å². The molecule has 0 heterocycles. The molecule has 0 saturated carbocycles. The van der Waals surface area contributed by atoms with Crippen molar-refractivity contribution in [1.82, 2.24) is 4.90 Å². The van der Waals surface area contributed by atoms with Gasteiger partial charge in [-0.1, -0.05) is 6.92 Å². The Morgan fingerprint density at radius 3 is 2.40 bits per heavy atom. The first-order chi connectivity index (χ1) is 6.90. The number of carbonyl (C=O) groups is 1. The lowest BCUT2D eigenvalue weighted by molar-refractivity contribution is -0.139. The molecule has 0 spiro atoms. The van der Waals surface area contributed by atoms with Crippen LogP contribution in [0.5, 0.6) is 0 Å². The molecule has 0 aliphatic carbocycles. The summed E-state index contributed by atoms with van der Waals surface area (Å²) in [5.74, 6) is 1.49. The molecule has 90 valence electrons. The summed E-state index contributed by atoms with van der Waals surface area (Å²) in [6.07, 6.45) is 3.05. The summed E-state index contributed by atoms with van der Waals surface area (Å²) in [6, 6.07) is 0.315. The van der Waals surface area contributed by atoms with Gasteiger partial charge in [-0.15, -0.1) is 11.6 Å². The number of alkyl halides is 1. The molecule has 15 heavy (non-hydrogen) atoms. The summed E-state index contributed by atoms with van der Waals surface area (Å²) in [5.41, 5.74) is -0.456. The third kappa shape index (κ3) is 4.23. The van der Waals surface area contributed by atoms with Gasteiger partial charge in [0, 0.05) is 24.7 Å². The number of thioether (sulfide) groups is 1. The van der Waals surface area contributed by atoms with Crippen molar-refractivity contribution in [3.05, 3.63) is 0 Å². The lowest BCUT2D eigenvalue weighted by Crippen LogP contribution is -2.45. The van der Waals surface area contributed by atoms with Crippen molar-refractivity contribution in [3.63, 3.8) is 0 Å². The molecule has 0 aromatic rings. The molecule has 0 aromatic carbocycles. The third-order valence-corrected chi connectivity index (χ3v) is 4.00. The Hall–Kier alpha value is 0.110. The summed E-state index contributed by atoms with van der Waals surface area (Å²) in [6.45, 7) is 5.90. The molecule has 0 saturated heterocycles. The average Bonchev–Trinajstić information content (AvgIpc) is 2.23. The van der Waals surface area contributed by atoms with Crippen LogP contribution < -0.4 is 0 Å². The highest BCUT2D eigenvalue weighted by Crippen LogP contribution is 2.22. The van der Waals surface area contributed by atoms with E-state index in [-0.39, 0.29) is 5.91 Å². The van der Waals surface area contributed by atoms with Crippen LogP contribution in [0.4, 0.5) is 0 Å². The number of carbonyl (C=O) groups excluding carboxylic acids is 1. The molecule has 0 bridgehead atoms. The second kappa shape index (κ2) is 6.64. The van der Waals surface area contributed by atoms with E-state index in [4.69, 9.17) is 11.6 Å². The molecule has 0 aliphatic rings. The van der Waals surface area contributed by atoms with Crippen LogP contribution in [0.3, 0.4) is 0 Å². The van der Waals surface area contributed by atoms with E-state index < -0.39 is 5.41 Å². The topological polar surface area (TPSA) is 20.3 Å². The number of nitrogens with zero attached hydrogens (tertiary/aromatic N) is 1. The smallest absolute Gasteiger partial charge is 0.229 e. The fourth-order valence-electron chi connectivity index (χ4n) is 1.40.